The van der Waals surface area contributed by atoms with Crippen molar-refractivity contribution >= 4 is 23.0 Å². The Kier molecular flexibility index (Phi) is 5.22. The van der Waals surface area contributed by atoms with E-state index in [2.05, 4.69) is 15.3 Å². The van der Waals surface area contributed by atoms with Crippen molar-refractivity contribution in [3.63, 3.8) is 0 Å². The molecule has 29 heavy (non-hydrogen) atoms. The van der Waals surface area contributed by atoms with Crippen molar-refractivity contribution in [3.8, 4) is 11.4 Å². The number of aromatic nitrogens is 3. The number of nitrogens with one attached hydrogen (secondary N) is 3. The van der Waals surface area contributed by atoms with Crippen LogP contribution in [0.15, 0.2) is 73.2 Å². The van der Waals surface area contributed by atoms with Crippen molar-refractivity contribution in [2.75, 3.05) is 0 Å². The maximum Gasteiger partial charge on any atom is 0.296 e. The molecule has 0 spiro atoms. The van der Waals surface area contributed by atoms with Crippen LogP contribution in [0.25, 0.3) is 16.9 Å². The number of rotatable bonds is 5. The summed E-state index contributed by atoms with van der Waals surface area (Å²) in [5.74, 6) is -0.00831. The number of hydrogen-bond acceptors (Lipinski definition) is 1. The molecule has 0 aliphatic carbocycles. The highest BCUT2D eigenvalue weighted by molar-refractivity contribution is 6.30. The third-order valence-electron chi connectivity index (χ3n) is 4.55. The van der Waals surface area contributed by atoms with Crippen LogP contribution in [-0.2, 0) is 0 Å². The summed E-state index contributed by atoms with van der Waals surface area (Å²) in [6.45, 7) is 0. The van der Waals surface area contributed by atoms with Crippen LogP contribution < -0.4 is 14.7 Å². The smallest absolute Gasteiger partial charge is 0.296 e. The predicted octanol–water partition coefficient (Wildman–Crippen LogP) is 3.62. The number of fused-ring (bicyclic) bond motifs is 1. The van der Waals surface area contributed by atoms with Crippen LogP contribution in [0, 0.1) is 0 Å². The predicted molar refractivity (Wildman–Crippen MR) is 104 cm³/mol. The van der Waals surface area contributed by atoms with E-state index in [1.54, 1.807) is 53.2 Å². The first-order chi connectivity index (χ1) is 14.0. The van der Waals surface area contributed by atoms with E-state index in [0.717, 1.165) is 5.56 Å². The molecule has 3 heterocycles. The molecular weight excluding hydrogens is 398 g/mol. The Labute approximate surface area is 170 Å². The molecule has 0 saturated heterocycles. The van der Waals surface area contributed by atoms with Crippen molar-refractivity contribution in [3.05, 3.63) is 89.5 Å². The Bertz CT molecular complexity index is 1160. The van der Waals surface area contributed by atoms with Crippen molar-refractivity contribution in [2.24, 2.45) is 0 Å². The molecule has 4 rings (SSSR count). The van der Waals surface area contributed by atoms with Crippen LogP contribution in [0.4, 0.5) is 8.78 Å². The Morgan fingerprint density at radius 2 is 2.00 bits per heavy atom. The number of benzene rings is 1. The van der Waals surface area contributed by atoms with Crippen molar-refractivity contribution in [1.82, 2.24) is 10.3 Å². The molecule has 8 heteroatoms. The third kappa shape index (κ3) is 3.82. The van der Waals surface area contributed by atoms with Gasteiger partial charge in [0.2, 0.25) is 5.69 Å². The quantitative estimate of drug-likeness (QED) is 0.481. The summed E-state index contributed by atoms with van der Waals surface area (Å²) in [6.07, 6.45) is 2.07. The Morgan fingerprint density at radius 1 is 1.14 bits per heavy atom. The molecule has 0 saturated carbocycles. The van der Waals surface area contributed by atoms with Gasteiger partial charge in [-0.05, 0) is 36.4 Å². The number of alkyl halides is 2. The summed E-state index contributed by atoms with van der Waals surface area (Å²) in [5.41, 5.74) is 1.80. The zero-order valence-corrected chi connectivity index (χ0v) is 15.8. The molecule has 3 N–H and O–H groups in total. The molecule has 1 unspecified atom stereocenters. The van der Waals surface area contributed by atoms with Gasteiger partial charge in [-0.3, -0.25) is 4.79 Å². The van der Waals surface area contributed by atoms with Gasteiger partial charge in [-0.15, -0.1) is 0 Å². The minimum Gasteiger partial charge on any atom is -0.336 e. The Hall–Kier alpha value is -3.32. The second-order valence-corrected chi connectivity index (χ2v) is 6.87. The van der Waals surface area contributed by atoms with E-state index in [0.29, 0.717) is 16.4 Å². The summed E-state index contributed by atoms with van der Waals surface area (Å²) in [4.78, 5) is 18.8. The lowest BCUT2D eigenvalue weighted by atomic mass is 10.1. The number of amides is 1. The average Bonchev–Trinajstić information content (AvgIpc) is 3.12. The van der Waals surface area contributed by atoms with E-state index in [1.165, 1.54) is 12.3 Å². The minimum absolute atomic E-state index is 0.186. The topological polar surface area (TPSA) is 63.1 Å². The molecule has 0 radical (unpaired) electrons. The Balaban J connectivity index is 1.75. The highest BCUT2D eigenvalue weighted by atomic mass is 35.5. The molecule has 3 aromatic heterocycles. The first-order valence-electron chi connectivity index (χ1n) is 8.88. The SMILES string of the molecule is O=C(NC(c1ccc[nH+]c1)C(F)F)c1[nH]c(-c2cccc(Cl)c2)[n+]2ccccc12. The number of carbonyl (C=O) groups excluding carboxylic acids is 1. The third-order valence-corrected chi connectivity index (χ3v) is 4.79. The van der Waals surface area contributed by atoms with Gasteiger partial charge in [0.15, 0.2) is 17.9 Å². The molecule has 1 atom stereocenters. The standard InChI is InChI=1S/C21H15ClF2N4O/c22-15-7-3-5-13(11-15)20-26-18(16-8-1-2-10-28(16)20)21(29)27-17(19(23)24)14-6-4-9-25-12-14/h1-12,17,19H,(H,27,29)/p+2. The van der Waals surface area contributed by atoms with Crippen LogP contribution in [0.2, 0.25) is 5.02 Å². The number of imidazole rings is 1. The van der Waals surface area contributed by atoms with Gasteiger partial charge < -0.3 is 5.32 Å². The van der Waals surface area contributed by atoms with Gasteiger partial charge in [-0.2, -0.15) is 4.40 Å². The molecule has 0 bridgehead atoms. The fourth-order valence-corrected chi connectivity index (χ4v) is 3.40. The number of nitrogens with zero attached hydrogens (tertiary/aromatic N) is 1. The summed E-state index contributed by atoms with van der Waals surface area (Å²) in [6, 6.07) is 14.2. The number of H-pyrrole nitrogens is 2. The highest BCUT2D eigenvalue weighted by Gasteiger charge is 2.31. The second kappa shape index (κ2) is 7.97. The van der Waals surface area contributed by atoms with Gasteiger partial charge in [0, 0.05) is 16.7 Å². The van der Waals surface area contributed by atoms with Crippen LogP contribution in [-0.4, -0.2) is 17.3 Å². The molecule has 146 valence electrons. The van der Waals surface area contributed by atoms with Gasteiger partial charge in [-0.1, -0.05) is 23.7 Å². The number of pyridine rings is 2. The van der Waals surface area contributed by atoms with Crippen LogP contribution in [0.5, 0.6) is 0 Å². The molecule has 1 amide bonds. The number of aromatic amines is 2. The van der Waals surface area contributed by atoms with Crippen molar-refractivity contribution < 1.29 is 23.0 Å². The highest BCUT2D eigenvalue weighted by Crippen LogP contribution is 2.23. The monoisotopic (exact) mass is 414 g/mol. The van der Waals surface area contributed by atoms with Gasteiger partial charge in [0.05, 0.1) is 11.8 Å². The van der Waals surface area contributed by atoms with Crippen LogP contribution in [0.1, 0.15) is 22.1 Å². The van der Waals surface area contributed by atoms with Gasteiger partial charge >= 0.3 is 0 Å². The lowest BCUT2D eigenvalue weighted by Crippen LogP contribution is -2.34. The zero-order valence-electron chi connectivity index (χ0n) is 15.1. The molecule has 4 aromatic rings. The maximum absolute atomic E-state index is 13.6. The van der Waals surface area contributed by atoms with Crippen molar-refractivity contribution in [2.45, 2.75) is 12.5 Å². The average molecular weight is 415 g/mol. The van der Waals surface area contributed by atoms with E-state index in [-0.39, 0.29) is 11.3 Å². The van der Waals surface area contributed by atoms with Gasteiger partial charge in [-0.25, -0.2) is 18.7 Å². The normalized spacial score (nSPS) is 12.3. The largest absolute Gasteiger partial charge is 0.336 e. The number of hydrogen-bond donors (Lipinski definition) is 2. The van der Waals surface area contributed by atoms with E-state index < -0.39 is 18.4 Å². The van der Waals surface area contributed by atoms with Crippen LogP contribution in [0.3, 0.4) is 0 Å². The van der Waals surface area contributed by atoms with Crippen molar-refractivity contribution in [1.29, 1.82) is 0 Å². The zero-order chi connectivity index (χ0) is 20.4. The fraction of sp³-hybridized carbons (Fsp3) is 0.0952. The first-order valence-corrected chi connectivity index (χ1v) is 9.26. The van der Waals surface area contributed by atoms with E-state index in [4.69, 9.17) is 11.6 Å². The van der Waals surface area contributed by atoms with Gasteiger partial charge in [0.25, 0.3) is 18.2 Å². The first kappa shape index (κ1) is 19.0. The molecule has 0 aliphatic rings. The molecule has 0 fully saturated rings. The molecular formula is C21H17ClF2N4O+2. The van der Waals surface area contributed by atoms with E-state index >= 15 is 0 Å². The molecule has 0 aliphatic heterocycles. The van der Waals surface area contributed by atoms with E-state index in [1.807, 2.05) is 12.1 Å². The summed E-state index contributed by atoms with van der Waals surface area (Å²) in [7, 11) is 0. The molecule has 5 nitrogen and oxygen atoms in total. The summed E-state index contributed by atoms with van der Waals surface area (Å²) in [5, 5.41) is 2.98. The number of halogens is 3. The maximum atomic E-state index is 13.6. The molecule has 1 aromatic carbocycles. The fourth-order valence-electron chi connectivity index (χ4n) is 3.21. The lowest BCUT2D eigenvalue weighted by molar-refractivity contribution is -0.498. The lowest BCUT2D eigenvalue weighted by Gasteiger charge is -2.15. The Morgan fingerprint density at radius 3 is 2.72 bits per heavy atom. The second-order valence-electron chi connectivity index (χ2n) is 6.44. The van der Waals surface area contributed by atoms with Crippen LogP contribution >= 0.6 is 11.6 Å². The summed E-state index contributed by atoms with van der Waals surface area (Å²) >= 11 is 6.10. The number of carbonyl (C=O) groups is 1. The van der Waals surface area contributed by atoms with E-state index in [9.17, 15) is 13.6 Å². The summed E-state index contributed by atoms with van der Waals surface area (Å²) < 4.78 is 29.0. The van der Waals surface area contributed by atoms with Gasteiger partial charge in [0.1, 0.15) is 6.04 Å². The minimum atomic E-state index is -2.77.